The molecule has 1 aromatic heterocycles. The third-order valence-corrected chi connectivity index (χ3v) is 16.6. The highest BCUT2D eigenvalue weighted by Gasteiger charge is 2.56. The SMILES string of the molecule is CC[C@H]1OC(=O)[C@H](C)[C@@H](O[C@H]2C[C@@](C)(OC)[C@@H](O)[C@H](C)O2)[C@H](C)[C@@H](O[C@@H]2O[C@H](C)C[C@H](N(C)CCc3cn(CCc4ccc(S(C)(=O)=O)cc4)nn3)[C@H]2O)[C@@]2(C)C[C@@H](CO2)C(=O)[C@H](C)[C@@H](O)[C@]1(C)O. The lowest BCUT2D eigenvalue weighted by Gasteiger charge is -2.49. The van der Waals surface area contributed by atoms with Crippen molar-refractivity contribution >= 4 is 21.6 Å². The number of methoxy groups -OCH3 is 1. The predicted octanol–water partition coefficient (Wildman–Crippen LogP) is 2.65. The van der Waals surface area contributed by atoms with Crippen molar-refractivity contribution in [2.45, 2.75) is 197 Å². The van der Waals surface area contributed by atoms with Crippen LogP contribution in [0.15, 0.2) is 35.4 Å². The van der Waals surface area contributed by atoms with Crippen LogP contribution in [-0.2, 0) is 72.0 Å². The quantitative estimate of drug-likeness (QED) is 0.199. The molecule has 6 rings (SSSR count). The average Bonchev–Trinajstić information content (AvgIpc) is 3.95. The molecule has 0 saturated carbocycles. The number of likely N-dealkylation sites (N-methyl/N-ethyl adjacent to an activating group) is 1. The van der Waals surface area contributed by atoms with Crippen molar-refractivity contribution in [1.29, 1.82) is 0 Å². The molecular formula is C49H78N4O15S. The second-order valence-corrected chi connectivity index (χ2v) is 23.0. The first-order valence-electron chi connectivity index (χ1n) is 24.4. The highest BCUT2D eigenvalue weighted by molar-refractivity contribution is 7.90. The van der Waals surface area contributed by atoms with Crippen LogP contribution >= 0.6 is 0 Å². The minimum atomic E-state index is -3.28. The predicted molar refractivity (Wildman–Crippen MR) is 250 cm³/mol. The molecule has 18 atom stereocenters. The standard InChI is InChI=1S/C49H78N4O15S/c1-13-37-49(9,59)42(56)28(3)39(54)33-23-48(8,63-26-33)44(29(4)41(30(5)45(58)66-37)67-38-24-47(7,62-11)43(57)31(6)65-38)68-46-40(55)36(22-27(2)64-46)52(10)20-19-34-25-53(51-50-34)21-18-32-14-16-35(17-15-32)69(12,60)61/h14-17,25,27-31,33,36-38,40-44,46,55-57,59H,13,18-24,26H2,1-12H3/t27-,28+,29+,30-,31+,33+,36+,37-,38+,40-,41+,42-,43+,44-,46+,47-,48-,49-/m1/s1. The number of aromatic nitrogens is 3. The summed E-state index contributed by atoms with van der Waals surface area (Å²) in [5, 5.41) is 55.3. The normalized spacial score (nSPS) is 40.7. The maximum absolute atomic E-state index is 14.4. The number of aliphatic hydroxyl groups excluding tert-OH is 3. The number of carbonyl (C=O) groups is 2. The zero-order valence-corrected chi connectivity index (χ0v) is 43.2. The van der Waals surface area contributed by atoms with Crippen molar-refractivity contribution in [2.75, 3.05) is 33.6 Å². The van der Waals surface area contributed by atoms with Crippen LogP contribution in [0.3, 0.4) is 0 Å². The molecule has 4 N–H and O–H groups in total. The molecule has 20 heteroatoms. The Morgan fingerprint density at radius 1 is 0.942 bits per heavy atom. The summed E-state index contributed by atoms with van der Waals surface area (Å²) in [7, 11) is 0.128. The van der Waals surface area contributed by atoms with Crippen LogP contribution in [-0.4, -0.2) is 178 Å². The number of hydrogen-bond donors (Lipinski definition) is 4. The van der Waals surface area contributed by atoms with Gasteiger partial charge >= 0.3 is 5.97 Å². The van der Waals surface area contributed by atoms with Crippen LogP contribution in [0.25, 0.3) is 0 Å². The van der Waals surface area contributed by atoms with Crippen LogP contribution in [0.2, 0.25) is 0 Å². The number of hydrogen-bond acceptors (Lipinski definition) is 18. The van der Waals surface area contributed by atoms with Gasteiger partial charge in [-0.05, 0) is 92.0 Å². The first-order valence-corrected chi connectivity index (χ1v) is 26.3. The average molecular weight is 995 g/mol. The van der Waals surface area contributed by atoms with E-state index in [2.05, 4.69) is 10.3 Å². The fourth-order valence-electron chi connectivity index (χ4n) is 10.9. The molecule has 0 radical (unpaired) electrons. The summed E-state index contributed by atoms with van der Waals surface area (Å²) < 4.78 is 70.3. The molecule has 390 valence electrons. The van der Waals surface area contributed by atoms with E-state index in [1.165, 1.54) is 20.3 Å². The van der Waals surface area contributed by atoms with E-state index in [9.17, 15) is 38.4 Å². The molecule has 2 aromatic rings. The van der Waals surface area contributed by atoms with Crippen molar-refractivity contribution in [3.05, 3.63) is 41.7 Å². The Morgan fingerprint density at radius 3 is 2.26 bits per heavy atom. The first-order chi connectivity index (χ1) is 32.2. The van der Waals surface area contributed by atoms with Gasteiger partial charge in [0, 0.05) is 69.3 Å². The lowest BCUT2D eigenvalue weighted by molar-refractivity contribution is -0.317. The summed E-state index contributed by atoms with van der Waals surface area (Å²) in [4.78, 5) is 30.9. The van der Waals surface area contributed by atoms with Gasteiger partial charge in [-0.1, -0.05) is 38.1 Å². The van der Waals surface area contributed by atoms with E-state index < -0.39 is 118 Å². The zero-order valence-electron chi connectivity index (χ0n) is 42.4. The summed E-state index contributed by atoms with van der Waals surface area (Å²) in [5.41, 5.74) is -2.57. The lowest BCUT2D eigenvalue weighted by Crippen LogP contribution is -2.61. The molecule has 0 amide bonds. The topological polar surface area (TPSA) is 248 Å². The molecule has 0 unspecified atom stereocenters. The Bertz CT molecular complexity index is 2160. The van der Waals surface area contributed by atoms with Gasteiger partial charge < -0.3 is 58.5 Å². The number of nitrogens with zero attached hydrogens (tertiary/aromatic N) is 4. The van der Waals surface area contributed by atoms with Crippen molar-refractivity contribution in [1.82, 2.24) is 19.9 Å². The number of Topliss-reactive ketones (excluding diaryl/α,β-unsaturated/α-hetero) is 1. The number of aliphatic hydroxyl groups is 4. The fourth-order valence-corrected chi connectivity index (χ4v) is 11.5. The molecule has 0 aliphatic carbocycles. The Morgan fingerprint density at radius 2 is 1.62 bits per heavy atom. The third kappa shape index (κ3) is 12.3. The molecule has 4 fully saturated rings. The molecular weight excluding hydrogens is 917 g/mol. The Kier molecular flexibility index (Phi) is 17.6. The largest absolute Gasteiger partial charge is 0.459 e. The zero-order chi connectivity index (χ0) is 51.0. The maximum Gasteiger partial charge on any atom is 0.311 e. The van der Waals surface area contributed by atoms with Crippen LogP contribution in [0.5, 0.6) is 0 Å². The number of benzene rings is 1. The lowest BCUT2D eigenvalue weighted by atomic mass is 9.75. The number of fused-ring (bicyclic) bond motifs is 2. The van der Waals surface area contributed by atoms with Gasteiger partial charge in [0.1, 0.15) is 29.7 Å². The van der Waals surface area contributed by atoms with Crippen molar-refractivity contribution in [3.8, 4) is 0 Å². The summed E-state index contributed by atoms with van der Waals surface area (Å²) >= 11 is 0. The number of aryl methyl sites for hydroxylation is 2. The van der Waals surface area contributed by atoms with E-state index in [0.717, 1.165) is 11.3 Å². The highest BCUT2D eigenvalue weighted by atomic mass is 32.2. The number of ether oxygens (including phenoxy) is 7. The van der Waals surface area contributed by atoms with E-state index >= 15 is 0 Å². The molecule has 1 aromatic carbocycles. The van der Waals surface area contributed by atoms with Gasteiger partial charge in [-0.15, -0.1) is 5.10 Å². The Balaban J connectivity index is 1.25. The highest BCUT2D eigenvalue weighted by Crippen LogP contribution is 2.44. The van der Waals surface area contributed by atoms with E-state index in [1.54, 1.807) is 63.6 Å². The summed E-state index contributed by atoms with van der Waals surface area (Å²) in [6.07, 6.45) is -5.17. The number of carbonyl (C=O) groups excluding carboxylic acids is 2. The van der Waals surface area contributed by atoms with Gasteiger partial charge in [0.25, 0.3) is 0 Å². The molecule has 69 heavy (non-hydrogen) atoms. The van der Waals surface area contributed by atoms with E-state index in [0.29, 0.717) is 32.4 Å². The molecule has 4 aliphatic heterocycles. The monoisotopic (exact) mass is 995 g/mol. The number of sulfone groups is 1. The molecule has 5 heterocycles. The van der Waals surface area contributed by atoms with Crippen molar-refractivity contribution in [3.63, 3.8) is 0 Å². The maximum atomic E-state index is 14.4. The second-order valence-electron chi connectivity index (χ2n) is 20.9. The van der Waals surface area contributed by atoms with Crippen LogP contribution in [0.4, 0.5) is 0 Å². The summed E-state index contributed by atoms with van der Waals surface area (Å²) in [6.45, 7) is 16.4. The smallest absolute Gasteiger partial charge is 0.311 e. The Labute approximate surface area is 407 Å². The molecule has 19 nitrogen and oxygen atoms in total. The van der Waals surface area contributed by atoms with Gasteiger partial charge in [0.2, 0.25) is 0 Å². The molecule has 4 saturated heterocycles. The number of esters is 1. The van der Waals surface area contributed by atoms with Gasteiger partial charge in [0.05, 0.1) is 64.8 Å². The van der Waals surface area contributed by atoms with Crippen LogP contribution in [0.1, 0.15) is 99.3 Å². The number of cyclic esters (lactones) is 1. The molecule has 2 bridgehead atoms. The summed E-state index contributed by atoms with van der Waals surface area (Å²) in [5.74, 6) is -4.62. The fraction of sp³-hybridized carbons (Fsp3) is 0.796. The van der Waals surface area contributed by atoms with Gasteiger partial charge in [-0.3, -0.25) is 14.3 Å². The number of rotatable bonds is 14. The van der Waals surface area contributed by atoms with E-state index in [4.69, 9.17) is 33.2 Å². The van der Waals surface area contributed by atoms with E-state index in [-0.39, 0.29) is 42.7 Å². The first kappa shape index (κ1) is 55.3. The van der Waals surface area contributed by atoms with Crippen molar-refractivity contribution in [2.24, 2.45) is 23.7 Å². The van der Waals surface area contributed by atoms with E-state index in [1.807, 2.05) is 38.9 Å². The van der Waals surface area contributed by atoms with Crippen LogP contribution in [0, 0.1) is 23.7 Å². The third-order valence-electron chi connectivity index (χ3n) is 15.5. The summed E-state index contributed by atoms with van der Waals surface area (Å²) in [6, 6.07) is 6.36. The minimum absolute atomic E-state index is 0.0128. The van der Waals surface area contributed by atoms with Crippen LogP contribution < -0.4 is 0 Å². The van der Waals surface area contributed by atoms with Crippen molar-refractivity contribution < 1.29 is 71.6 Å². The molecule has 4 aliphatic rings. The Hall–Kier alpha value is -2.99. The molecule has 0 spiro atoms. The van der Waals surface area contributed by atoms with Gasteiger partial charge in [0.15, 0.2) is 22.4 Å². The van der Waals surface area contributed by atoms with Gasteiger partial charge in [-0.2, -0.15) is 0 Å². The number of ketones is 1. The second kappa shape index (κ2) is 22.0. The minimum Gasteiger partial charge on any atom is -0.459 e. The van der Waals surface area contributed by atoms with Gasteiger partial charge in [-0.25, -0.2) is 8.42 Å².